The smallest absolute Gasteiger partial charge is 0.340 e. The highest BCUT2D eigenvalue weighted by Crippen LogP contribution is 2.23. The van der Waals surface area contributed by atoms with Gasteiger partial charge in [0.2, 0.25) is 0 Å². The van der Waals surface area contributed by atoms with Crippen molar-refractivity contribution in [1.82, 2.24) is 4.57 Å². The van der Waals surface area contributed by atoms with Crippen molar-refractivity contribution in [1.29, 1.82) is 5.26 Å². The highest BCUT2D eigenvalue weighted by Gasteiger charge is 2.17. The molecule has 126 valence electrons. The predicted octanol–water partition coefficient (Wildman–Crippen LogP) is 3.39. The maximum absolute atomic E-state index is 12.4. The number of thiophene rings is 1. The van der Waals surface area contributed by atoms with Gasteiger partial charge in [0.05, 0.1) is 11.1 Å². The summed E-state index contributed by atoms with van der Waals surface area (Å²) in [7, 11) is 0. The monoisotopic (exact) mass is 353 g/mol. The lowest BCUT2D eigenvalue weighted by molar-refractivity contribution is -0.119. The van der Waals surface area contributed by atoms with Crippen LogP contribution in [0, 0.1) is 11.3 Å². The summed E-state index contributed by atoms with van der Waals surface area (Å²) in [6, 6.07) is 11.1. The average molecular weight is 353 g/mol. The standard InChI is InChI=1S/C18H15N3O3S/c1-2-21-10-14(13-5-3-4-6-15(13)21)18(23)24-11-16(22)20-17-12(9-19)7-8-25-17/h3-8,10H,2,11H2,1H3,(H,20,22). The van der Waals surface area contributed by atoms with E-state index in [1.54, 1.807) is 17.6 Å². The Bertz CT molecular complexity index is 981. The van der Waals surface area contributed by atoms with Crippen molar-refractivity contribution in [2.45, 2.75) is 13.5 Å². The Morgan fingerprint density at radius 3 is 2.88 bits per heavy atom. The highest BCUT2D eigenvalue weighted by atomic mass is 32.1. The van der Waals surface area contributed by atoms with Crippen molar-refractivity contribution in [2.24, 2.45) is 0 Å². The van der Waals surface area contributed by atoms with Crippen molar-refractivity contribution in [3.8, 4) is 6.07 Å². The van der Waals surface area contributed by atoms with E-state index in [1.807, 2.05) is 41.8 Å². The topological polar surface area (TPSA) is 84.1 Å². The van der Waals surface area contributed by atoms with E-state index in [0.29, 0.717) is 16.1 Å². The maximum Gasteiger partial charge on any atom is 0.340 e. The normalized spacial score (nSPS) is 10.4. The van der Waals surface area contributed by atoms with Gasteiger partial charge in [-0.1, -0.05) is 18.2 Å². The molecule has 0 aliphatic heterocycles. The molecule has 3 rings (SSSR count). The summed E-state index contributed by atoms with van der Waals surface area (Å²) in [5.74, 6) is -1.03. The third kappa shape index (κ3) is 3.39. The Labute approximate surface area is 148 Å². The molecule has 0 aliphatic rings. The Morgan fingerprint density at radius 1 is 1.32 bits per heavy atom. The number of aromatic nitrogens is 1. The molecule has 0 spiro atoms. The Morgan fingerprint density at radius 2 is 2.12 bits per heavy atom. The predicted molar refractivity (Wildman–Crippen MR) is 95.6 cm³/mol. The molecule has 1 N–H and O–H groups in total. The number of para-hydroxylation sites is 1. The molecule has 0 bridgehead atoms. The number of carbonyl (C=O) groups excluding carboxylic acids is 2. The van der Waals surface area contributed by atoms with Crippen LogP contribution in [0.5, 0.6) is 0 Å². The van der Waals surface area contributed by atoms with E-state index in [0.717, 1.165) is 17.4 Å². The second-order valence-corrected chi connectivity index (χ2v) is 6.16. The van der Waals surface area contributed by atoms with Crippen molar-refractivity contribution >= 4 is 39.1 Å². The largest absolute Gasteiger partial charge is 0.452 e. The summed E-state index contributed by atoms with van der Waals surface area (Å²) >= 11 is 1.24. The van der Waals surface area contributed by atoms with E-state index in [2.05, 4.69) is 5.32 Å². The number of aryl methyl sites for hydroxylation is 1. The number of fused-ring (bicyclic) bond motifs is 1. The average Bonchev–Trinajstić information content (AvgIpc) is 3.23. The van der Waals surface area contributed by atoms with Gasteiger partial charge in [-0.2, -0.15) is 5.26 Å². The van der Waals surface area contributed by atoms with Crippen LogP contribution in [-0.2, 0) is 16.1 Å². The number of benzene rings is 1. The number of ether oxygens (including phenoxy) is 1. The summed E-state index contributed by atoms with van der Waals surface area (Å²) in [5.41, 5.74) is 1.76. The molecule has 0 atom stereocenters. The van der Waals surface area contributed by atoms with Crippen LogP contribution in [0.3, 0.4) is 0 Å². The third-order valence-corrected chi connectivity index (χ3v) is 4.55. The molecule has 2 heterocycles. The Kier molecular flexibility index (Phi) is 4.82. The second kappa shape index (κ2) is 7.20. The van der Waals surface area contributed by atoms with Gasteiger partial charge in [0.25, 0.3) is 5.91 Å². The van der Waals surface area contributed by atoms with Crippen molar-refractivity contribution < 1.29 is 14.3 Å². The fraction of sp³-hybridized carbons (Fsp3) is 0.167. The number of nitrogens with one attached hydrogen (secondary N) is 1. The van der Waals surface area contributed by atoms with E-state index < -0.39 is 18.5 Å². The second-order valence-electron chi connectivity index (χ2n) is 5.25. The molecule has 1 aromatic carbocycles. The number of rotatable bonds is 5. The van der Waals surface area contributed by atoms with Gasteiger partial charge >= 0.3 is 5.97 Å². The van der Waals surface area contributed by atoms with Crippen LogP contribution in [0.2, 0.25) is 0 Å². The van der Waals surface area contributed by atoms with Gasteiger partial charge < -0.3 is 14.6 Å². The van der Waals surface area contributed by atoms with Gasteiger partial charge in [0, 0.05) is 23.6 Å². The van der Waals surface area contributed by atoms with Crippen molar-refractivity contribution in [3.63, 3.8) is 0 Å². The zero-order valence-corrected chi connectivity index (χ0v) is 14.3. The van der Waals surface area contributed by atoms with Crippen LogP contribution in [0.1, 0.15) is 22.8 Å². The van der Waals surface area contributed by atoms with E-state index in [1.165, 1.54) is 11.3 Å². The lowest BCUT2D eigenvalue weighted by atomic mass is 10.2. The van der Waals surface area contributed by atoms with Gasteiger partial charge in [-0.15, -0.1) is 11.3 Å². The number of nitrogens with zero attached hydrogens (tertiary/aromatic N) is 2. The number of esters is 1. The molecule has 25 heavy (non-hydrogen) atoms. The molecule has 1 amide bonds. The minimum Gasteiger partial charge on any atom is -0.452 e. The molecular formula is C18H15N3O3S. The van der Waals surface area contributed by atoms with E-state index >= 15 is 0 Å². The highest BCUT2D eigenvalue weighted by molar-refractivity contribution is 7.14. The number of amides is 1. The number of hydrogen-bond donors (Lipinski definition) is 1. The number of nitriles is 1. The van der Waals surface area contributed by atoms with Crippen LogP contribution in [0.15, 0.2) is 41.9 Å². The van der Waals surface area contributed by atoms with Crippen LogP contribution in [0.4, 0.5) is 5.00 Å². The number of anilines is 1. The van der Waals surface area contributed by atoms with Gasteiger partial charge in [-0.3, -0.25) is 4.79 Å². The van der Waals surface area contributed by atoms with Crippen LogP contribution in [0.25, 0.3) is 10.9 Å². The quantitative estimate of drug-likeness (QED) is 0.713. The van der Waals surface area contributed by atoms with Gasteiger partial charge in [-0.05, 0) is 24.4 Å². The minimum absolute atomic E-state index is 0.385. The molecule has 3 aromatic rings. The SMILES string of the molecule is CCn1cc(C(=O)OCC(=O)Nc2sccc2C#N)c2ccccc21. The zero-order chi connectivity index (χ0) is 17.8. The molecule has 0 saturated heterocycles. The van der Waals surface area contributed by atoms with Gasteiger partial charge in [-0.25, -0.2) is 4.79 Å². The molecule has 2 aromatic heterocycles. The molecule has 0 unspecified atom stereocenters. The van der Waals surface area contributed by atoms with Crippen LogP contribution >= 0.6 is 11.3 Å². The first-order valence-corrected chi connectivity index (χ1v) is 8.54. The number of hydrogen-bond acceptors (Lipinski definition) is 5. The Hall–Kier alpha value is -3.11. The molecule has 0 radical (unpaired) electrons. The summed E-state index contributed by atoms with van der Waals surface area (Å²) < 4.78 is 7.09. The van der Waals surface area contributed by atoms with Crippen molar-refractivity contribution in [3.05, 3.63) is 53.0 Å². The fourth-order valence-corrected chi connectivity index (χ4v) is 3.29. The van der Waals surface area contributed by atoms with Gasteiger partial charge in [0.1, 0.15) is 11.1 Å². The summed E-state index contributed by atoms with van der Waals surface area (Å²) in [6.45, 7) is 2.31. The first-order chi connectivity index (χ1) is 12.1. The van der Waals surface area contributed by atoms with E-state index in [9.17, 15) is 9.59 Å². The lowest BCUT2D eigenvalue weighted by Crippen LogP contribution is -2.20. The summed E-state index contributed by atoms with van der Waals surface area (Å²) in [4.78, 5) is 24.3. The Balaban J connectivity index is 1.69. The molecule has 0 aliphatic carbocycles. The van der Waals surface area contributed by atoms with Crippen molar-refractivity contribution in [2.75, 3.05) is 11.9 Å². The molecule has 0 saturated carbocycles. The van der Waals surface area contributed by atoms with E-state index in [-0.39, 0.29) is 0 Å². The third-order valence-electron chi connectivity index (χ3n) is 3.72. The summed E-state index contributed by atoms with van der Waals surface area (Å²) in [6.07, 6.45) is 1.73. The maximum atomic E-state index is 12.4. The fourth-order valence-electron chi connectivity index (χ4n) is 2.54. The first-order valence-electron chi connectivity index (χ1n) is 7.66. The lowest BCUT2D eigenvalue weighted by Gasteiger charge is -2.05. The molecule has 7 heteroatoms. The minimum atomic E-state index is -0.551. The zero-order valence-electron chi connectivity index (χ0n) is 13.5. The molecule has 6 nitrogen and oxygen atoms in total. The summed E-state index contributed by atoms with van der Waals surface area (Å²) in [5, 5.41) is 14.5. The van der Waals surface area contributed by atoms with E-state index in [4.69, 9.17) is 10.00 Å². The van der Waals surface area contributed by atoms with Crippen LogP contribution in [-0.4, -0.2) is 23.1 Å². The van der Waals surface area contributed by atoms with Crippen LogP contribution < -0.4 is 5.32 Å². The molecule has 0 fully saturated rings. The molecular weight excluding hydrogens is 338 g/mol. The van der Waals surface area contributed by atoms with Gasteiger partial charge in [0.15, 0.2) is 6.61 Å². The first kappa shape index (κ1) is 16.7. The number of carbonyl (C=O) groups is 2.